The minimum Gasteiger partial charge on any atom is -0.491 e. The summed E-state index contributed by atoms with van der Waals surface area (Å²) in [6, 6.07) is 15.6. The van der Waals surface area contributed by atoms with Gasteiger partial charge in [0.25, 0.3) is 0 Å². The number of nitrogens with zero attached hydrogens (tertiary/aromatic N) is 7. The second kappa shape index (κ2) is 24.6. The van der Waals surface area contributed by atoms with E-state index in [1.807, 2.05) is 30.0 Å². The topological polar surface area (TPSA) is 152 Å². The molecule has 386 valence electrons. The van der Waals surface area contributed by atoms with Crippen molar-refractivity contribution >= 4 is 78.1 Å². The molecule has 5 aromatic rings. The van der Waals surface area contributed by atoms with Gasteiger partial charge in [-0.2, -0.15) is 4.99 Å². The van der Waals surface area contributed by atoms with Crippen molar-refractivity contribution in [2.75, 3.05) is 59.1 Å². The third-order valence-electron chi connectivity index (χ3n) is 11.7. The number of anilines is 2. The predicted octanol–water partition coefficient (Wildman–Crippen LogP) is 11.1. The molecule has 0 fully saturated rings. The van der Waals surface area contributed by atoms with Gasteiger partial charge >= 0.3 is 12.1 Å². The number of aryl methyl sites for hydroxylation is 2. The largest absolute Gasteiger partial charge is 0.491 e. The van der Waals surface area contributed by atoms with Crippen molar-refractivity contribution in [3.05, 3.63) is 80.8 Å². The van der Waals surface area contributed by atoms with Crippen LogP contribution in [0.5, 0.6) is 5.75 Å². The van der Waals surface area contributed by atoms with Crippen LogP contribution in [0, 0.1) is 24.6 Å². The van der Waals surface area contributed by atoms with Crippen molar-refractivity contribution in [1.82, 2.24) is 24.6 Å². The molecular weight excluding hydrogens is 978 g/mol. The van der Waals surface area contributed by atoms with Crippen LogP contribution in [-0.2, 0) is 36.5 Å². The third kappa shape index (κ3) is 16.5. The van der Waals surface area contributed by atoms with E-state index < -0.39 is 46.0 Å². The van der Waals surface area contributed by atoms with Gasteiger partial charge in [-0.1, -0.05) is 75.7 Å². The molecule has 0 radical (unpaired) electrons. The Morgan fingerprint density at radius 2 is 1.70 bits per heavy atom. The van der Waals surface area contributed by atoms with Crippen LogP contribution in [0.25, 0.3) is 10.2 Å². The zero-order chi connectivity index (χ0) is 52.3. The fraction of sp³-hybridized carbons (Fsp3) is 0.529. The lowest BCUT2D eigenvalue weighted by Crippen LogP contribution is -2.44. The van der Waals surface area contributed by atoms with Crippen LogP contribution in [0.3, 0.4) is 0 Å². The second-order valence-electron chi connectivity index (χ2n) is 21.0. The maximum Gasteiger partial charge on any atom is 0.410 e. The number of aromatic nitrogens is 4. The first-order valence-corrected chi connectivity index (χ1v) is 32.0. The summed E-state index contributed by atoms with van der Waals surface area (Å²) in [6.45, 7) is 27.2. The van der Waals surface area contributed by atoms with Crippen LogP contribution in [0.4, 0.5) is 26.0 Å². The number of thiazole rings is 2. The Balaban J connectivity index is 1.40. The Hall–Kier alpha value is -5.02. The first-order chi connectivity index (χ1) is 33.3. The molecule has 5 rings (SSSR count). The molecule has 0 aliphatic heterocycles. The molecule has 0 N–H and O–H groups in total. The molecule has 1 unspecified atom stereocenters. The highest BCUT2D eigenvalue weighted by Gasteiger charge is 2.38. The van der Waals surface area contributed by atoms with Gasteiger partial charge in [0, 0.05) is 39.3 Å². The average molecular weight is 1050 g/mol. The number of halogens is 1. The Labute approximate surface area is 428 Å². The highest BCUT2D eigenvalue weighted by Crippen LogP contribution is 2.38. The van der Waals surface area contributed by atoms with E-state index in [2.05, 4.69) is 87.1 Å². The lowest BCUT2D eigenvalue weighted by molar-refractivity contribution is 0.0320. The predicted molar refractivity (Wildman–Crippen MR) is 286 cm³/mol. The van der Waals surface area contributed by atoms with Gasteiger partial charge in [0.1, 0.15) is 12.3 Å². The molecule has 0 aliphatic carbocycles. The summed E-state index contributed by atoms with van der Waals surface area (Å²) in [5.41, 5.74) is 1.77. The van der Waals surface area contributed by atoms with E-state index >= 15 is 4.39 Å². The maximum atomic E-state index is 15.2. The summed E-state index contributed by atoms with van der Waals surface area (Å²) in [7, 11) is 1.12. The maximum absolute atomic E-state index is 15.2. The molecule has 15 nitrogen and oxygen atoms in total. The van der Waals surface area contributed by atoms with E-state index in [-0.39, 0.29) is 36.2 Å². The molecule has 0 spiro atoms. The molecule has 3 aromatic heterocycles. The SMILES string of the molecule is COC(=O)c1nc(N(CC(CO[Si](C)(C)C(C)(C)C)OC)c2cc(C)c(/N=c3\sc4ccccc4n3COCC[Si](C)(C)C)nn2)sc1CCCOc1ccc(C#CCN(C)C(=O)OC(C)(C)C)cc1F. The summed E-state index contributed by atoms with van der Waals surface area (Å²) in [4.78, 5) is 40.1. The van der Waals surface area contributed by atoms with Crippen LogP contribution < -0.4 is 14.4 Å². The van der Waals surface area contributed by atoms with Crippen LogP contribution in [-0.4, -0.2) is 119 Å². The lowest BCUT2D eigenvalue weighted by atomic mass is 10.2. The molecule has 1 amide bonds. The monoisotopic (exact) mass is 1050 g/mol. The summed E-state index contributed by atoms with van der Waals surface area (Å²) < 4.78 is 53.7. The van der Waals surface area contributed by atoms with Crippen molar-refractivity contribution in [2.45, 2.75) is 124 Å². The second-order valence-corrected chi connectivity index (χ2v) is 33.5. The first-order valence-electron chi connectivity index (χ1n) is 23.7. The summed E-state index contributed by atoms with van der Waals surface area (Å²) in [6.07, 6.45) is -0.0975. The third-order valence-corrected chi connectivity index (χ3v) is 20.1. The minimum atomic E-state index is -2.16. The lowest BCUT2D eigenvalue weighted by Gasteiger charge is -2.37. The summed E-state index contributed by atoms with van der Waals surface area (Å²) in [5.74, 6) is 5.60. The average Bonchev–Trinajstić information content (AvgIpc) is 3.87. The molecule has 20 heteroatoms. The van der Waals surface area contributed by atoms with Crippen molar-refractivity contribution in [3.8, 4) is 17.6 Å². The number of carbonyl (C=O) groups is 2. The Morgan fingerprint density at radius 3 is 2.35 bits per heavy atom. The molecule has 0 saturated carbocycles. The zero-order valence-corrected chi connectivity index (χ0v) is 47.8. The quantitative estimate of drug-likeness (QED) is 0.0298. The molecule has 0 saturated heterocycles. The highest BCUT2D eigenvalue weighted by molar-refractivity contribution is 7.16. The number of hydrogen-bond acceptors (Lipinski definition) is 15. The van der Waals surface area contributed by atoms with E-state index in [1.165, 1.54) is 35.5 Å². The number of hydrogen-bond donors (Lipinski definition) is 0. The highest BCUT2D eigenvalue weighted by atomic mass is 32.1. The van der Waals surface area contributed by atoms with Crippen LogP contribution in [0.2, 0.25) is 43.8 Å². The standard InChI is InChI=1S/C51H72FN7O8S2Si2/c1-35-30-43(55-56-45(35)54-48-59(34-64-28-29-70(11,12)13)39-21-16-17-22-41(39)68-48)58(32-37(62-9)33-66-71(14,15)51(5,6)7)47-53-44(46(60)63-10)42(69-47)23-19-27-65-40-25-24-36(31-38(40)52)20-18-26-57(8)49(61)67-50(2,3)4/h16-17,21-22,24-25,30-31,37H,19,23,26-29,32-34H2,1-15H3/b54-48-. The number of fused-ring (bicyclic) bond motifs is 1. The number of amides is 1. The molecule has 3 heterocycles. The van der Waals surface area contributed by atoms with Gasteiger partial charge in [0.15, 0.2) is 47.1 Å². The Bertz CT molecular complexity index is 2750. The van der Waals surface area contributed by atoms with Crippen LogP contribution >= 0.6 is 22.7 Å². The number of carbonyl (C=O) groups excluding carboxylic acids is 2. The molecule has 1 atom stereocenters. The van der Waals surface area contributed by atoms with Gasteiger partial charge in [-0.3, -0.25) is 9.47 Å². The molecule has 71 heavy (non-hydrogen) atoms. The number of ether oxygens (including phenoxy) is 5. The molecule has 0 bridgehead atoms. The van der Waals surface area contributed by atoms with E-state index in [0.29, 0.717) is 60.0 Å². The smallest absolute Gasteiger partial charge is 0.410 e. The number of benzene rings is 2. The van der Waals surface area contributed by atoms with E-state index in [4.69, 9.17) is 43.2 Å². The number of para-hydroxylation sites is 1. The Morgan fingerprint density at radius 1 is 0.972 bits per heavy atom. The fourth-order valence-electron chi connectivity index (χ4n) is 6.40. The van der Waals surface area contributed by atoms with E-state index in [9.17, 15) is 9.59 Å². The van der Waals surface area contributed by atoms with Crippen molar-refractivity contribution in [2.24, 2.45) is 4.99 Å². The van der Waals surface area contributed by atoms with Gasteiger partial charge in [0.05, 0.1) is 49.7 Å². The van der Waals surface area contributed by atoms with E-state index in [0.717, 1.165) is 26.6 Å². The van der Waals surface area contributed by atoms with Crippen LogP contribution in [0.15, 0.2) is 53.5 Å². The van der Waals surface area contributed by atoms with Gasteiger partial charge in [-0.25, -0.2) is 19.0 Å². The van der Waals surface area contributed by atoms with Crippen LogP contribution in [0.1, 0.15) is 74.5 Å². The normalized spacial score (nSPS) is 12.9. The number of esters is 1. The summed E-state index contributed by atoms with van der Waals surface area (Å²) >= 11 is 2.89. The van der Waals surface area contributed by atoms with Crippen molar-refractivity contribution < 1.29 is 42.1 Å². The molecule has 2 aromatic carbocycles. The number of rotatable bonds is 21. The molecule has 0 aliphatic rings. The fourth-order valence-corrected chi connectivity index (χ4v) is 10.3. The Kier molecular flexibility index (Phi) is 19.7. The van der Waals surface area contributed by atoms with Crippen molar-refractivity contribution in [1.29, 1.82) is 0 Å². The molecular formula is C51H72FN7O8S2Si2. The zero-order valence-electron chi connectivity index (χ0n) is 44.2. The first kappa shape index (κ1) is 56.9. The van der Waals surface area contributed by atoms with Gasteiger partial charge in [0.2, 0.25) is 0 Å². The van der Waals surface area contributed by atoms with E-state index in [1.54, 1.807) is 52.3 Å². The summed E-state index contributed by atoms with van der Waals surface area (Å²) in [5, 5.41) is 9.87. The van der Waals surface area contributed by atoms with Gasteiger partial charge < -0.3 is 33.0 Å². The number of methoxy groups -OCH3 is 2. The van der Waals surface area contributed by atoms with Crippen molar-refractivity contribution in [3.63, 3.8) is 0 Å². The minimum absolute atomic E-state index is 0.0180. The van der Waals surface area contributed by atoms with Gasteiger partial charge in [-0.15, -0.1) is 21.5 Å². The van der Waals surface area contributed by atoms with Gasteiger partial charge in [-0.05, 0) is 107 Å².